The second kappa shape index (κ2) is 14.9. The van der Waals surface area contributed by atoms with E-state index in [-0.39, 0.29) is 27.2 Å². The Bertz CT molecular complexity index is 487. The van der Waals surface area contributed by atoms with Crippen molar-refractivity contribution in [2.75, 3.05) is 25.0 Å². The summed E-state index contributed by atoms with van der Waals surface area (Å²) in [5.74, 6) is 0. The van der Waals surface area contributed by atoms with Gasteiger partial charge in [0.25, 0.3) is 0 Å². The van der Waals surface area contributed by atoms with Crippen molar-refractivity contribution in [1.82, 2.24) is 0 Å². The topological polar surface area (TPSA) is 260 Å². The molecule has 0 spiro atoms. The largest absolute Gasteiger partial charge is 4.00 e. The van der Waals surface area contributed by atoms with Crippen molar-refractivity contribution in [2.24, 2.45) is 0 Å². The molecule has 0 atom stereocenters. The normalized spacial score (nSPS) is 10.5. The third kappa shape index (κ3) is 76700. The van der Waals surface area contributed by atoms with Gasteiger partial charge in [-0.1, -0.05) is 0 Å². The van der Waals surface area contributed by atoms with Crippen LogP contribution in [0.25, 0.3) is 0 Å². The van der Waals surface area contributed by atoms with Crippen molar-refractivity contribution in [2.45, 2.75) is 0 Å². The fourth-order valence-electron chi connectivity index (χ4n) is 0. The second-order valence-electron chi connectivity index (χ2n) is 2.82. The third-order valence-corrected chi connectivity index (χ3v) is 0. The van der Waals surface area contributed by atoms with Crippen molar-refractivity contribution in [3.63, 3.8) is 0 Å². The van der Waals surface area contributed by atoms with Gasteiger partial charge in [0.15, 0.2) is 0 Å². The molecule has 0 unspecified atom stereocenters. The summed E-state index contributed by atoms with van der Waals surface area (Å²) in [6.07, 6.45) is 2.42. The van der Waals surface area contributed by atoms with E-state index in [2.05, 4.69) is 0 Å². The van der Waals surface area contributed by atoms with Crippen LogP contribution in [0.1, 0.15) is 0 Å². The predicted octanol–water partition coefficient (Wildman–Crippen LogP) is -4.18. The van der Waals surface area contributed by atoms with Gasteiger partial charge in [-0.05, 0) is 0 Å². The molecule has 0 rings (SSSR count). The van der Waals surface area contributed by atoms with Crippen LogP contribution in [-0.2, 0) is 62.2 Å². The van der Waals surface area contributed by atoms with Crippen LogP contribution in [0.3, 0.4) is 0 Å². The molecule has 0 aliphatic carbocycles. The average molecular weight is 446 g/mol. The molecule has 0 bridgehead atoms. The standard InChI is InChI=1S/4CH4O3S.H2O.Ti/c4*1-5(2,3)4;;/h4*1H3,(H,2,3,4);1H2;/q;;;;;+4/p-4. The molecule has 22 heavy (non-hydrogen) atoms. The van der Waals surface area contributed by atoms with E-state index >= 15 is 0 Å². The Kier molecular flexibility index (Phi) is 25.8. The van der Waals surface area contributed by atoms with Gasteiger partial charge in [0.1, 0.15) is 0 Å². The summed E-state index contributed by atoms with van der Waals surface area (Å²) in [5.41, 5.74) is 0. The first-order chi connectivity index (χ1) is 8.00. The molecule has 0 radical (unpaired) electrons. The summed E-state index contributed by atoms with van der Waals surface area (Å²) in [5, 5.41) is 0. The second-order valence-corrected chi connectivity index (χ2v) is 8.45. The van der Waals surface area contributed by atoms with E-state index < -0.39 is 40.5 Å². The van der Waals surface area contributed by atoms with Gasteiger partial charge in [-0.25, -0.2) is 33.7 Å². The van der Waals surface area contributed by atoms with E-state index in [1.807, 2.05) is 0 Å². The summed E-state index contributed by atoms with van der Waals surface area (Å²) in [7, 11) is -15.7. The zero-order chi connectivity index (χ0) is 18.0. The fourth-order valence-corrected chi connectivity index (χ4v) is 0. The van der Waals surface area contributed by atoms with Crippen molar-refractivity contribution in [3.8, 4) is 0 Å². The molecule has 0 aromatic carbocycles. The van der Waals surface area contributed by atoms with Gasteiger partial charge in [-0.2, -0.15) is 0 Å². The first kappa shape index (κ1) is 38.1. The molecular weight excluding hydrogens is 432 g/mol. The SMILES string of the molecule is CS(=O)(=O)[O-].CS(=O)(=O)[O-].CS(=O)(=O)[O-].CS(=O)(=O)[O-].O.[Ti+4]. The van der Waals surface area contributed by atoms with E-state index in [0.717, 1.165) is 0 Å². The monoisotopic (exact) mass is 446 g/mol. The quantitative estimate of drug-likeness (QED) is 0.253. The summed E-state index contributed by atoms with van der Waals surface area (Å²) in [6, 6.07) is 0. The van der Waals surface area contributed by atoms with Gasteiger partial charge in [0, 0.05) is 25.0 Å². The van der Waals surface area contributed by atoms with E-state index in [4.69, 9.17) is 51.9 Å². The molecule has 0 saturated carbocycles. The van der Waals surface area contributed by atoms with Gasteiger partial charge in [-0.15, -0.1) is 0 Å². The minimum Gasteiger partial charge on any atom is -0.748 e. The maximum absolute atomic E-state index is 9.08. The molecule has 136 valence electrons. The average Bonchev–Trinajstić information content (AvgIpc) is 1.62. The molecule has 18 heteroatoms. The molecule has 0 heterocycles. The minimum absolute atomic E-state index is 0. The van der Waals surface area contributed by atoms with Crippen LogP contribution in [0.5, 0.6) is 0 Å². The van der Waals surface area contributed by atoms with Crippen molar-refractivity contribution < 1.29 is 79.1 Å². The van der Waals surface area contributed by atoms with Crippen LogP contribution in [0, 0.1) is 0 Å². The van der Waals surface area contributed by atoms with Crippen LogP contribution in [0.15, 0.2) is 0 Å². The zero-order valence-electron chi connectivity index (χ0n) is 11.5. The smallest absolute Gasteiger partial charge is 0.748 e. The fraction of sp³-hybridized carbons (Fsp3) is 1.00. The van der Waals surface area contributed by atoms with Gasteiger partial charge in [0.2, 0.25) is 0 Å². The van der Waals surface area contributed by atoms with Gasteiger partial charge >= 0.3 is 21.7 Å². The summed E-state index contributed by atoms with van der Waals surface area (Å²) in [6.45, 7) is 0. The predicted molar refractivity (Wildman–Crippen MR) is 66.1 cm³/mol. The first-order valence-corrected chi connectivity index (χ1v) is 10.9. The molecule has 0 aromatic heterocycles. The summed E-state index contributed by atoms with van der Waals surface area (Å²) < 4.78 is 109. The Morgan fingerprint density at radius 1 is 0.455 bits per heavy atom. The summed E-state index contributed by atoms with van der Waals surface area (Å²) >= 11 is 0. The van der Waals surface area contributed by atoms with Crippen LogP contribution in [0.2, 0.25) is 0 Å². The summed E-state index contributed by atoms with van der Waals surface area (Å²) in [4.78, 5) is 0. The van der Waals surface area contributed by atoms with Gasteiger partial charge < -0.3 is 23.7 Å². The molecule has 13 nitrogen and oxygen atoms in total. The Labute approximate surface area is 144 Å². The van der Waals surface area contributed by atoms with E-state index in [0.29, 0.717) is 25.0 Å². The van der Waals surface area contributed by atoms with E-state index in [1.54, 1.807) is 0 Å². The Hall–Kier alpha value is 0.314. The van der Waals surface area contributed by atoms with Crippen LogP contribution in [0.4, 0.5) is 0 Å². The van der Waals surface area contributed by atoms with Gasteiger partial charge in [0.05, 0.1) is 40.5 Å². The van der Waals surface area contributed by atoms with Crippen LogP contribution >= 0.6 is 0 Å². The zero-order valence-corrected chi connectivity index (χ0v) is 16.4. The Morgan fingerprint density at radius 3 is 0.455 bits per heavy atom. The Balaban J connectivity index is -0.0000000376. The number of rotatable bonds is 0. The van der Waals surface area contributed by atoms with Crippen LogP contribution in [-0.4, -0.2) is 82.4 Å². The molecule has 0 aliphatic rings. The molecule has 0 amide bonds. The maximum Gasteiger partial charge on any atom is 4.00 e. The Morgan fingerprint density at radius 2 is 0.455 bits per heavy atom. The first-order valence-electron chi connectivity index (χ1n) is 3.63. The minimum atomic E-state index is -3.92. The number of hydrogen-bond acceptors (Lipinski definition) is 12. The van der Waals surface area contributed by atoms with E-state index in [1.165, 1.54) is 0 Å². The molecular formula is C4H14O13S4Ti. The van der Waals surface area contributed by atoms with Crippen molar-refractivity contribution >= 4 is 40.5 Å². The van der Waals surface area contributed by atoms with Crippen molar-refractivity contribution in [1.29, 1.82) is 0 Å². The molecule has 2 N–H and O–H groups in total. The van der Waals surface area contributed by atoms with Crippen LogP contribution < -0.4 is 0 Å². The molecule has 0 aromatic rings. The maximum atomic E-state index is 9.08. The molecule has 0 aliphatic heterocycles. The molecule has 0 fully saturated rings. The van der Waals surface area contributed by atoms with Crippen molar-refractivity contribution in [3.05, 3.63) is 0 Å². The number of hydrogen-bond donors (Lipinski definition) is 0. The van der Waals surface area contributed by atoms with E-state index in [9.17, 15) is 0 Å². The third-order valence-electron chi connectivity index (χ3n) is 0. The molecule has 0 saturated heterocycles. The van der Waals surface area contributed by atoms with Gasteiger partial charge in [-0.3, -0.25) is 0 Å².